The van der Waals surface area contributed by atoms with Crippen molar-refractivity contribution in [2.24, 2.45) is 0 Å². The molecule has 0 aliphatic carbocycles. The topological polar surface area (TPSA) is 29.5 Å². The number of unbranched alkanes of at least 4 members (excludes halogenated alkanes) is 1. The van der Waals surface area contributed by atoms with E-state index in [9.17, 15) is 4.79 Å². The molecule has 1 rings (SSSR count). The van der Waals surface area contributed by atoms with E-state index in [-0.39, 0.29) is 6.09 Å². The summed E-state index contributed by atoms with van der Waals surface area (Å²) >= 11 is 0. The highest BCUT2D eigenvalue weighted by atomic mass is 16.6. The van der Waals surface area contributed by atoms with Gasteiger partial charge in [0.05, 0.1) is 6.61 Å². The smallest absolute Gasteiger partial charge is 0.409 e. The molecule has 0 bridgehead atoms. The van der Waals surface area contributed by atoms with Gasteiger partial charge in [-0.3, -0.25) is 0 Å². The van der Waals surface area contributed by atoms with Crippen LogP contribution < -0.4 is 0 Å². The zero-order valence-corrected chi connectivity index (χ0v) is 8.58. The Bertz CT molecular complexity index is 170. The summed E-state index contributed by atoms with van der Waals surface area (Å²) in [6.45, 7) is 5.60. The van der Waals surface area contributed by atoms with Gasteiger partial charge in [-0.15, -0.1) is 0 Å². The second-order valence-electron chi connectivity index (χ2n) is 3.65. The Morgan fingerprint density at radius 2 is 2.38 bits per heavy atom. The molecular weight excluding hydrogens is 166 g/mol. The molecule has 0 aromatic carbocycles. The van der Waals surface area contributed by atoms with Gasteiger partial charge >= 0.3 is 6.09 Å². The zero-order valence-electron chi connectivity index (χ0n) is 8.58. The predicted octanol–water partition coefficient (Wildman–Crippen LogP) is 2.41. The van der Waals surface area contributed by atoms with Crippen molar-refractivity contribution in [3.8, 4) is 0 Å². The molecule has 1 fully saturated rings. The van der Waals surface area contributed by atoms with Crippen molar-refractivity contribution in [2.45, 2.75) is 45.6 Å². The number of nitrogens with zero attached hydrogens (tertiary/aromatic N) is 1. The van der Waals surface area contributed by atoms with E-state index in [0.29, 0.717) is 12.6 Å². The molecule has 1 unspecified atom stereocenters. The molecule has 3 nitrogen and oxygen atoms in total. The van der Waals surface area contributed by atoms with Gasteiger partial charge in [0.25, 0.3) is 0 Å². The van der Waals surface area contributed by atoms with E-state index in [1.807, 2.05) is 4.90 Å². The van der Waals surface area contributed by atoms with Gasteiger partial charge in [-0.25, -0.2) is 4.79 Å². The van der Waals surface area contributed by atoms with E-state index < -0.39 is 0 Å². The summed E-state index contributed by atoms with van der Waals surface area (Å²) in [5.74, 6) is 0. The van der Waals surface area contributed by atoms with Crippen molar-refractivity contribution < 1.29 is 9.53 Å². The van der Waals surface area contributed by atoms with Gasteiger partial charge in [0, 0.05) is 12.6 Å². The Morgan fingerprint density at radius 1 is 1.62 bits per heavy atom. The maximum Gasteiger partial charge on any atom is 0.409 e. The van der Waals surface area contributed by atoms with Crippen LogP contribution in [0.3, 0.4) is 0 Å². The summed E-state index contributed by atoms with van der Waals surface area (Å²) in [6.07, 6.45) is 4.14. The van der Waals surface area contributed by atoms with Gasteiger partial charge in [0.15, 0.2) is 0 Å². The van der Waals surface area contributed by atoms with Crippen LogP contribution in [-0.4, -0.2) is 30.2 Å². The normalized spacial score (nSPS) is 22.0. The van der Waals surface area contributed by atoms with E-state index in [4.69, 9.17) is 4.74 Å². The Labute approximate surface area is 80.1 Å². The highest BCUT2D eigenvalue weighted by Gasteiger charge is 2.25. The average molecular weight is 185 g/mol. The fourth-order valence-corrected chi connectivity index (χ4v) is 1.59. The molecule has 13 heavy (non-hydrogen) atoms. The number of amides is 1. The minimum absolute atomic E-state index is 0.126. The van der Waals surface area contributed by atoms with Gasteiger partial charge in [-0.1, -0.05) is 13.3 Å². The minimum atomic E-state index is -0.126. The van der Waals surface area contributed by atoms with Crippen molar-refractivity contribution in [1.29, 1.82) is 0 Å². The van der Waals surface area contributed by atoms with Crippen LogP contribution >= 0.6 is 0 Å². The molecule has 0 N–H and O–H groups in total. The fourth-order valence-electron chi connectivity index (χ4n) is 1.59. The van der Waals surface area contributed by atoms with Crippen LogP contribution in [0.4, 0.5) is 4.79 Å². The fraction of sp³-hybridized carbons (Fsp3) is 0.900. The van der Waals surface area contributed by atoms with Crippen molar-refractivity contribution in [3.05, 3.63) is 0 Å². The lowest BCUT2D eigenvalue weighted by atomic mass is 10.2. The molecule has 0 aromatic heterocycles. The van der Waals surface area contributed by atoms with Crippen LogP contribution in [0.25, 0.3) is 0 Å². The average Bonchev–Trinajstić information content (AvgIpc) is 2.52. The monoisotopic (exact) mass is 185 g/mol. The summed E-state index contributed by atoms with van der Waals surface area (Å²) < 4.78 is 5.12. The Hall–Kier alpha value is -0.730. The number of hydrogen-bond donors (Lipinski definition) is 0. The highest BCUT2D eigenvalue weighted by Crippen LogP contribution is 2.17. The Balaban J connectivity index is 2.22. The second kappa shape index (κ2) is 5.10. The third kappa shape index (κ3) is 2.90. The summed E-state index contributed by atoms with van der Waals surface area (Å²) in [5.41, 5.74) is 0. The van der Waals surface area contributed by atoms with E-state index in [0.717, 1.165) is 32.2 Å². The van der Waals surface area contributed by atoms with Gasteiger partial charge in [0.2, 0.25) is 0 Å². The lowest BCUT2D eigenvalue weighted by molar-refractivity contribution is 0.0993. The number of likely N-dealkylation sites (tertiary alicyclic amines) is 1. The first kappa shape index (κ1) is 10.4. The van der Waals surface area contributed by atoms with Crippen molar-refractivity contribution in [2.75, 3.05) is 13.2 Å². The van der Waals surface area contributed by atoms with Gasteiger partial charge in [-0.2, -0.15) is 0 Å². The largest absolute Gasteiger partial charge is 0.449 e. The first-order chi connectivity index (χ1) is 6.25. The molecule has 3 heteroatoms. The minimum Gasteiger partial charge on any atom is -0.449 e. The number of hydrogen-bond acceptors (Lipinski definition) is 2. The zero-order chi connectivity index (χ0) is 9.68. The molecule has 0 radical (unpaired) electrons. The summed E-state index contributed by atoms with van der Waals surface area (Å²) in [5, 5.41) is 0. The van der Waals surface area contributed by atoms with Crippen molar-refractivity contribution in [1.82, 2.24) is 4.90 Å². The molecular formula is C10H19NO2. The van der Waals surface area contributed by atoms with Gasteiger partial charge in [-0.05, 0) is 26.2 Å². The van der Waals surface area contributed by atoms with Crippen LogP contribution in [-0.2, 0) is 4.74 Å². The number of rotatable bonds is 3. The molecule has 0 aromatic rings. The van der Waals surface area contributed by atoms with Crippen molar-refractivity contribution in [3.63, 3.8) is 0 Å². The molecule has 1 heterocycles. The van der Waals surface area contributed by atoms with Crippen molar-refractivity contribution >= 4 is 6.09 Å². The number of carbonyl (C=O) groups excluding carboxylic acids is 1. The molecule has 1 aliphatic heterocycles. The Kier molecular flexibility index (Phi) is 4.06. The van der Waals surface area contributed by atoms with Crippen LogP contribution in [0.15, 0.2) is 0 Å². The summed E-state index contributed by atoms with van der Waals surface area (Å²) in [6, 6.07) is 0.370. The third-order valence-electron chi connectivity index (χ3n) is 2.51. The van der Waals surface area contributed by atoms with E-state index >= 15 is 0 Å². The molecule has 1 atom stereocenters. The van der Waals surface area contributed by atoms with Crippen LogP contribution in [0.2, 0.25) is 0 Å². The van der Waals surface area contributed by atoms with Crippen LogP contribution in [0.5, 0.6) is 0 Å². The standard InChI is InChI=1S/C10H19NO2/c1-3-4-8-13-10(12)11-7-5-6-9(11)2/h9H,3-8H2,1-2H3. The lowest BCUT2D eigenvalue weighted by Crippen LogP contribution is -2.34. The van der Waals surface area contributed by atoms with Gasteiger partial charge in [0.1, 0.15) is 0 Å². The number of ether oxygens (including phenoxy) is 1. The highest BCUT2D eigenvalue weighted by molar-refractivity contribution is 5.68. The first-order valence-electron chi connectivity index (χ1n) is 5.19. The summed E-state index contributed by atoms with van der Waals surface area (Å²) in [4.78, 5) is 13.3. The molecule has 1 amide bonds. The number of carbonyl (C=O) groups is 1. The maximum absolute atomic E-state index is 11.4. The molecule has 1 aliphatic rings. The first-order valence-corrected chi connectivity index (χ1v) is 5.19. The second-order valence-corrected chi connectivity index (χ2v) is 3.65. The molecule has 1 saturated heterocycles. The van der Waals surface area contributed by atoms with E-state index in [2.05, 4.69) is 13.8 Å². The van der Waals surface area contributed by atoms with E-state index in [1.54, 1.807) is 0 Å². The SMILES string of the molecule is CCCCOC(=O)N1CCCC1C. The molecule has 0 saturated carbocycles. The van der Waals surface area contributed by atoms with Gasteiger partial charge < -0.3 is 9.64 Å². The Morgan fingerprint density at radius 3 is 2.92 bits per heavy atom. The van der Waals surface area contributed by atoms with Crippen LogP contribution in [0.1, 0.15) is 39.5 Å². The quantitative estimate of drug-likeness (QED) is 0.632. The predicted molar refractivity (Wildman–Crippen MR) is 51.7 cm³/mol. The lowest BCUT2D eigenvalue weighted by Gasteiger charge is -2.20. The molecule has 76 valence electrons. The third-order valence-corrected chi connectivity index (χ3v) is 2.51. The maximum atomic E-state index is 11.4. The van der Waals surface area contributed by atoms with E-state index in [1.165, 1.54) is 0 Å². The molecule has 0 spiro atoms. The van der Waals surface area contributed by atoms with Crippen LogP contribution in [0, 0.1) is 0 Å². The summed E-state index contributed by atoms with van der Waals surface area (Å²) in [7, 11) is 0.